The molecule has 0 aromatic heterocycles. The summed E-state index contributed by atoms with van der Waals surface area (Å²) in [6.07, 6.45) is 14.9. The molecular weight excluding hydrogens is 272 g/mol. The molecule has 0 N–H and O–H groups in total. The van der Waals surface area contributed by atoms with E-state index in [1.165, 1.54) is 38.5 Å². The number of carbonyl (C=O) groups excluding carboxylic acids is 2. The molecule has 0 bridgehead atoms. The molecular formula is C20H28O2. The number of Topliss-reactive ketones (excluding diaryl/α,β-unsaturated/α-hetero) is 2. The standard InChI is InChI=1S/C20H28O2/c21-19-15-11-7-3-1-4-8-12-16(15)20(22)18-14-10-6-2-5-9-13-17(18)19/h1-14H2. The molecule has 0 saturated heterocycles. The summed E-state index contributed by atoms with van der Waals surface area (Å²) in [5.74, 6) is 0.488. The van der Waals surface area contributed by atoms with Gasteiger partial charge in [-0.25, -0.2) is 0 Å². The molecule has 0 atom stereocenters. The summed E-state index contributed by atoms with van der Waals surface area (Å²) < 4.78 is 0. The van der Waals surface area contributed by atoms with E-state index < -0.39 is 0 Å². The minimum atomic E-state index is 0.244. The Morgan fingerprint density at radius 3 is 0.864 bits per heavy atom. The maximum atomic E-state index is 13.0. The molecule has 0 spiro atoms. The van der Waals surface area contributed by atoms with E-state index in [1.807, 2.05) is 0 Å². The zero-order chi connectivity index (χ0) is 15.4. The van der Waals surface area contributed by atoms with Gasteiger partial charge in [0, 0.05) is 22.3 Å². The molecule has 2 nitrogen and oxygen atoms in total. The van der Waals surface area contributed by atoms with Gasteiger partial charge in [0.2, 0.25) is 0 Å². The van der Waals surface area contributed by atoms with Crippen LogP contribution >= 0.6 is 0 Å². The molecule has 2 heteroatoms. The van der Waals surface area contributed by atoms with Crippen LogP contribution in [-0.2, 0) is 9.59 Å². The van der Waals surface area contributed by atoms with E-state index in [2.05, 4.69) is 0 Å². The highest BCUT2D eigenvalue weighted by atomic mass is 16.1. The van der Waals surface area contributed by atoms with Gasteiger partial charge in [-0.3, -0.25) is 9.59 Å². The summed E-state index contributed by atoms with van der Waals surface area (Å²) in [5.41, 5.74) is 3.57. The van der Waals surface area contributed by atoms with Crippen molar-refractivity contribution in [2.75, 3.05) is 0 Å². The maximum Gasteiger partial charge on any atom is 0.185 e. The molecule has 0 aromatic carbocycles. The first-order chi connectivity index (χ1) is 10.8. The minimum Gasteiger partial charge on any atom is -0.289 e. The molecule has 0 unspecified atom stereocenters. The Bertz CT molecular complexity index is 434. The van der Waals surface area contributed by atoms with Crippen molar-refractivity contribution in [2.45, 2.75) is 89.9 Å². The summed E-state index contributed by atoms with van der Waals surface area (Å²) in [5, 5.41) is 0. The minimum absolute atomic E-state index is 0.244. The first-order valence-corrected chi connectivity index (χ1v) is 9.32. The van der Waals surface area contributed by atoms with Crippen LogP contribution in [0.2, 0.25) is 0 Å². The molecule has 0 heterocycles. The van der Waals surface area contributed by atoms with Crippen molar-refractivity contribution in [3.8, 4) is 0 Å². The molecule has 0 aromatic rings. The largest absolute Gasteiger partial charge is 0.289 e. The van der Waals surface area contributed by atoms with Crippen molar-refractivity contribution < 1.29 is 9.59 Å². The molecule has 0 fully saturated rings. The molecule has 120 valence electrons. The van der Waals surface area contributed by atoms with Gasteiger partial charge in [-0.2, -0.15) is 0 Å². The summed E-state index contributed by atoms with van der Waals surface area (Å²) in [7, 11) is 0. The lowest BCUT2D eigenvalue weighted by molar-refractivity contribution is -0.117. The molecule has 3 aliphatic carbocycles. The molecule has 0 saturated carbocycles. The highest BCUT2D eigenvalue weighted by Gasteiger charge is 2.33. The molecule has 0 aliphatic heterocycles. The normalized spacial score (nSPS) is 25.3. The SMILES string of the molecule is O=C1C2=C(CCCCCCC2)C(=O)C2=C1CCCCCCC2. The number of rotatable bonds is 0. The number of ketones is 2. The fraction of sp³-hybridized carbons (Fsp3) is 0.700. The smallest absolute Gasteiger partial charge is 0.185 e. The number of carbonyl (C=O) groups is 2. The molecule has 0 amide bonds. The van der Waals surface area contributed by atoms with Crippen LogP contribution in [-0.4, -0.2) is 11.6 Å². The predicted octanol–water partition coefficient (Wildman–Crippen LogP) is 5.22. The van der Waals surface area contributed by atoms with Crippen LogP contribution in [0.5, 0.6) is 0 Å². The molecule has 22 heavy (non-hydrogen) atoms. The lowest BCUT2D eigenvalue weighted by Crippen LogP contribution is -2.24. The topological polar surface area (TPSA) is 34.1 Å². The lowest BCUT2D eigenvalue weighted by Gasteiger charge is -2.23. The van der Waals surface area contributed by atoms with E-state index in [0.29, 0.717) is 0 Å². The van der Waals surface area contributed by atoms with Gasteiger partial charge < -0.3 is 0 Å². The van der Waals surface area contributed by atoms with Crippen molar-refractivity contribution >= 4 is 11.6 Å². The van der Waals surface area contributed by atoms with Crippen LogP contribution in [0.1, 0.15) is 89.9 Å². The van der Waals surface area contributed by atoms with E-state index >= 15 is 0 Å². The summed E-state index contributed by atoms with van der Waals surface area (Å²) in [6, 6.07) is 0. The second-order valence-electron chi connectivity index (χ2n) is 7.11. The van der Waals surface area contributed by atoms with Gasteiger partial charge in [0.05, 0.1) is 0 Å². The highest BCUT2D eigenvalue weighted by molar-refractivity contribution is 6.25. The Balaban J connectivity index is 1.93. The van der Waals surface area contributed by atoms with Crippen LogP contribution in [0.25, 0.3) is 0 Å². The average Bonchev–Trinajstić information content (AvgIpc) is 2.72. The Morgan fingerprint density at radius 2 is 0.591 bits per heavy atom. The Hall–Kier alpha value is -1.18. The highest BCUT2D eigenvalue weighted by Crippen LogP contribution is 2.36. The average molecular weight is 300 g/mol. The van der Waals surface area contributed by atoms with Gasteiger partial charge in [0.15, 0.2) is 11.6 Å². The van der Waals surface area contributed by atoms with Gasteiger partial charge in [-0.05, 0) is 51.4 Å². The van der Waals surface area contributed by atoms with Crippen LogP contribution < -0.4 is 0 Å². The third-order valence-electron chi connectivity index (χ3n) is 5.53. The van der Waals surface area contributed by atoms with Crippen LogP contribution in [0.4, 0.5) is 0 Å². The number of allylic oxidation sites excluding steroid dienone is 4. The fourth-order valence-electron chi connectivity index (χ4n) is 4.24. The quantitative estimate of drug-likeness (QED) is 0.575. The molecule has 3 rings (SSSR count). The van der Waals surface area contributed by atoms with Crippen molar-refractivity contribution in [1.29, 1.82) is 0 Å². The van der Waals surface area contributed by atoms with Crippen molar-refractivity contribution in [3.05, 3.63) is 22.3 Å². The van der Waals surface area contributed by atoms with Gasteiger partial charge in [0.1, 0.15) is 0 Å². The van der Waals surface area contributed by atoms with Crippen LogP contribution in [0.3, 0.4) is 0 Å². The fourth-order valence-corrected chi connectivity index (χ4v) is 4.24. The zero-order valence-electron chi connectivity index (χ0n) is 13.7. The van der Waals surface area contributed by atoms with Crippen molar-refractivity contribution in [1.82, 2.24) is 0 Å². The maximum absolute atomic E-state index is 13.0. The van der Waals surface area contributed by atoms with Crippen molar-refractivity contribution in [2.24, 2.45) is 0 Å². The summed E-state index contributed by atoms with van der Waals surface area (Å²) in [4.78, 5) is 26.1. The Kier molecular flexibility index (Phi) is 5.28. The second-order valence-corrected chi connectivity index (χ2v) is 7.11. The van der Waals surface area contributed by atoms with Gasteiger partial charge in [0.25, 0.3) is 0 Å². The first kappa shape index (κ1) is 15.7. The molecule has 0 radical (unpaired) electrons. The number of hydrogen-bond acceptors (Lipinski definition) is 2. The van der Waals surface area contributed by atoms with Crippen LogP contribution in [0.15, 0.2) is 22.3 Å². The molecule has 3 aliphatic rings. The second kappa shape index (κ2) is 7.39. The van der Waals surface area contributed by atoms with Crippen LogP contribution in [0, 0.1) is 0 Å². The van der Waals surface area contributed by atoms with Gasteiger partial charge >= 0.3 is 0 Å². The number of hydrogen-bond donors (Lipinski definition) is 0. The van der Waals surface area contributed by atoms with Crippen molar-refractivity contribution in [3.63, 3.8) is 0 Å². The lowest BCUT2D eigenvalue weighted by atomic mass is 9.78. The summed E-state index contributed by atoms with van der Waals surface area (Å²) in [6.45, 7) is 0. The Morgan fingerprint density at radius 1 is 0.364 bits per heavy atom. The summed E-state index contributed by atoms with van der Waals surface area (Å²) >= 11 is 0. The third kappa shape index (κ3) is 3.26. The Labute approximate surface area is 134 Å². The zero-order valence-corrected chi connectivity index (χ0v) is 13.7. The predicted molar refractivity (Wildman–Crippen MR) is 88.7 cm³/mol. The van der Waals surface area contributed by atoms with E-state index in [0.717, 1.165) is 73.7 Å². The van der Waals surface area contributed by atoms with E-state index in [9.17, 15) is 9.59 Å². The first-order valence-electron chi connectivity index (χ1n) is 9.32. The third-order valence-corrected chi connectivity index (χ3v) is 5.53. The van der Waals surface area contributed by atoms with E-state index in [4.69, 9.17) is 0 Å². The van der Waals surface area contributed by atoms with E-state index in [-0.39, 0.29) is 11.6 Å². The van der Waals surface area contributed by atoms with Gasteiger partial charge in [-0.1, -0.05) is 38.5 Å². The van der Waals surface area contributed by atoms with E-state index in [1.54, 1.807) is 0 Å². The van der Waals surface area contributed by atoms with Gasteiger partial charge in [-0.15, -0.1) is 0 Å². The monoisotopic (exact) mass is 300 g/mol.